The van der Waals surface area contributed by atoms with E-state index in [0.717, 1.165) is 70.2 Å². The second kappa shape index (κ2) is 2.77. The van der Waals surface area contributed by atoms with Crippen molar-refractivity contribution in [2.45, 2.75) is 11.8 Å². The van der Waals surface area contributed by atoms with Gasteiger partial charge in [0.15, 0.2) is 0 Å². The van der Waals surface area contributed by atoms with Crippen LogP contribution in [0.25, 0.3) is 11.0 Å². The average molecular weight is 284 g/mol. The number of nitrogens with zero attached hydrogens (tertiary/aromatic N) is 2. The first kappa shape index (κ1) is 10.1. The van der Waals surface area contributed by atoms with Gasteiger partial charge in [0.2, 0.25) is 0 Å². The first-order valence-electron chi connectivity index (χ1n) is 8.88. The SMILES string of the molecule is C1=CC2C3C4c5nc6ccccc6nc5C5C3C1C1C2C4C51. The van der Waals surface area contributed by atoms with Gasteiger partial charge in [0.1, 0.15) is 0 Å². The molecule has 10 unspecified atom stereocenters. The van der Waals surface area contributed by atoms with Crippen LogP contribution >= 0.6 is 0 Å². The van der Waals surface area contributed by atoms with Crippen LogP contribution < -0.4 is 0 Å². The lowest BCUT2D eigenvalue weighted by Gasteiger charge is -2.55. The highest BCUT2D eigenvalue weighted by molar-refractivity contribution is 5.75. The van der Waals surface area contributed by atoms with Crippen LogP contribution in [0.3, 0.4) is 0 Å². The molecule has 0 radical (unpaired) electrons. The molecule has 0 aliphatic heterocycles. The summed E-state index contributed by atoms with van der Waals surface area (Å²) in [5.41, 5.74) is 5.03. The van der Waals surface area contributed by atoms with Gasteiger partial charge in [0, 0.05) is 11.8 Å². The summed E-state index contributed by atoms with van der Waals surface area (Å²) < 4.78 is 0. The lowest BCUT2D eigenvalue weighted by atomic mass is 9.49. The van der Waals surface area contributed by atoms with Crippen LogP contribution in [0.1, 0.15) is 23.2 Å². The van der Waals surface area contributed by atoms with Gasteiger partial charge in [-0.15, -0.1) is 0 Å². The summed E-state index contributed by atoms with van der Waals surface area (Å²) in [4.78, 5) is 10.3. The summed E-state index contributed by atoms with van der Waals surface area (Å²) >= 11 is 0. The standard InChI is InChI=1S/C20H16N2/c1-2-4-10-9(3-1)21-19-17-13-7-5-6-8-12-11(7)15(17)16(12)18(14(8)13)20(19)22-10/h1-8,11-18H. The van der Waals surface area contributed by atoms with E-state index in [2.05, 4.69) is 36.4 Å². The number of benzene rings is 1. The van der Waals surface area contributed by atoms with Crippen molar-refractivity contribution in [2.24, 2.45) is 47.3 Å². The minimum absolute atomic E-state index is 0.744. The van der Waals surface area contributed by atoms with Gasteiger partial charge in [0.05, 0.1) is 22.4 Å². The fourth-order valence-corrected chi connectivity index (χ4v) is 8.38. The van der Waals surface area contributed by atoms with E-state index in [9.17, 15) is 0 Å². The second-order valence-electron chi connectivity index (χ2n) is 8.54. The summed E-state index contributed by atoms with van der Waals surface area (Å²) in [6, 6.07) is 8.47. The van der Waals surface area contributed by atoms with Crippen molar-refractivity contribution in [3.05, 3.63) is 47.8 Å². The Balaban J connectivity index is 1.51. The topological polar surface area (TPSA) is 25.8 Å². The van der Waals surface area contributed by atoms with E-state index in [1.807, 2.05) is 0 Å². The maximum atomic E-state index is 5.14. The second-order valence-corrected chi connectivity index (χ2v) is 8.54. The zero-order valence-electron chi connectivity index (χ0n) is 12.1. The normalized spacial score (nSPS) is 56.0. The third-order valence-electron chi connectivity index (χ3n) is 8.47. The number of rotatable bonds is 0. The minimum Gasteiger partial charge on any atom is -0.249 e. The lowest BCUT2D eigenvalue weighted by molar-refractivity contribution is -0.0306. The Hall–Kier alpha value is -1.70. The molecule has 1 aromatic carbocycles. The Labute approximate surface area is 128 Å². The number of allylic oxidation sites excluding steroid dienone is 2. The molecule has 0 amide bonds. The van der Waals surface area contributed by atoms with E-state index in [1.54, 1.807) is 0 Å². The Morgan fingerprint density at radius 2 is 1.09 bits per heavy atom. The molecule has 0 N–H and O–H groups in total. The zero-order valence-corrected chi connectivity index (χ0v) is 12.1. The molecule has 7 aliphatic rings. The molecule has 2 heteroatoms. The molecule has 22 heavy (non-hydrogen) atoms. The molecule has 3 saturated carbocycles. The summed E-state index contributed by atoms with van der Waals surface area (Å²) in [5, 5.41) is 0. The molecule has 1 heterocycles. The molecule has 7 aliphatic carbocycles. The molecule has 3 fully saturated rings. The van der Waals surface area contributed by atoms with Crippen LogP contribution in [0.5, 0.6) is 0 Å². The van der Waals surface area contributed by atoms with Gasteiger partial charge in [0.25, 0.3) is 0 Å². The summed E-state index contributed by atoms with van der Waals surface area (Å²) in [5.74, 6) is 9.02. The van der Waals surface area contributed by atoms with Gasteiger partial charge in [-0.2, -0.15) is 0 Å². The van der Waals surface area contributed by atoms with E-state index in [4.69, 9.17) is 9.97 Å². The number of hydrogen-bond donors (Lipinski definition) is 0. The van der Waals surface area contributed by atoms with E-state index in [0.29, 0.717) is 0 Å². The van der Waals surface area contributed by atoms with Crippen molar-refractivity contribution in [3.8, 4) is 0 Å². The summed E-state index contributed by atoms with van der Waals surface area (Å²) in [7, 11) is 0. The van der Waals surface area contributed by atoms with Gasteiger partial charge in [-0.3, -0.25) is 0 Å². The quantitative estimate of drug-likeness (QED) is 0.693. The zero-order chi connectivity index (χ0) is 13.7. The smallest absolute Gasteiger partial charge is 0.0890 e. The van der Waals surface area contributed by atoms with Crippen LogP contribution in [-0.4, -0.2) is 9.97 Å². The third kappa shape index (κ3) is 0.735. The van der Waals surface area contributed by atoms with Crippen molar-refractivity contribution in [2.75, 3.05) is 0 Å². The maximum absolute atomic E-state index is 5.14. The molecule has 0 spiro atoms. The largest absolute Gasteiger partial charge is 0.249 e. The number of para-hydroxylation sites is 2. The predicted molar refractivity (Wildman–Crippen MR) is 82.1 cm³/mol. The molecule has 0 saturated heterocycles. The van der Waals surface area contributed by atoms with Crippen LogP contribution in [0, 0.1) is 47.3 Å². The van der Waals surface area contributed by atoms with Gasteiger partial charge < -0.3 is 0 Å². The first-order chi connectivity index (χ1) is 10.9. The van der Waals surface area contributed by atoms with Crippen molar-refractivity contribution in [1.29, 1.82) is 0 Å². The number of fused-ring (bicyclic) bond motifs is 1. The maximum Gasteiger partial charge on any atom is 0.0890 e. The van der Waals surface area contributed by atoms with Gasteiger partial charge in [-0.05, 0) is 59.5 Å². The van der Waals surface area contributed by atoms with Crippen LogP contribution in [0.4, 0.5) is 0 Å². The fraction of sp³-hybridized carbons (Fsp3) is 0.500. The van der Waals surface area contributed by atoms with Gasteiger partial charge in [-0.1, -0.05) is 24.3 Å². The van der Waals surface area contributed by atoms with E-state index in [-0.39, 0.29) is 0 Å². The van der Waals surface area contributed by atoms with Crippen molar-refractivity contribution >= 4 is 11.0 Å². The molecule has 2 nitrogen and oxygen atoms in total. The highest BCUT2D eigenvalue weighted by Gasteiger charge is 2.82. The molecule has 2 aromatic rings. The molecular weight excluding hydrogens is 268 g/mol. The Morgan fingerprint density at radius 1 is 0.591 bits per heavy atom. The minimum atomic E-state index is 0.744. The Bertz CT molecular complexity index is 856. The summed E-state index contributed by atoms with van der Waals surface area (Å²) in [6.07, 6.45) is 5.19. The lowest BCUT2D eigenvalue weighted by Crippen LogP contribution is -2.51. The Kier molecular flexibility index (Phi) is 1.28. The molecule has 10 atom stereocenters. The first-order valence-corrected chi connectivity index (χ1v) is 8.88. The average Bonchev–Trinajstić information content (AvgIpc) is 2.91. The van der Waals surface area contributed by atoms with Crippen LogP contribution in [-0.2, 0) is 0 Å². The summed E-state index contributed by atoms with van der Waals surface area (Å²) in [6.45, 7) is 0. The molecular formula is C20H16N2. The monoisotopic (exact) mass is 284 g/mol. The molecule has 4 bridgehead atoms. The molecule has 106 valence electrons. The van der Waals surface area contributed by atoms with E-state index < -0.39 is 0 Å². The van der Waals surface area contributed by atoms with Crippen molar-refractivity contribution in [1.82, 2.24) is 9.97 Å². The number of aromatic nitrogens is 2. The molecule has 9 rings (SSSR count). The van der Waals surface area contributed by atoms with E-state index >= 15 is 0 Å². The Morgan fingerprint density at radius 3 is 1.59 bits per heavy atom. The fourth-order valence-electron chi connectivity index (χ4n) is 8.38. The van der Waals surface area contributed by atoms with Crippen molar-refractivity contribution in [3.63, 3.8) is 0 Å². The van der Waals surface area contributed by atoms with Gasteiger partial charge >= 0.3 is 0 Å². The van der Waals surface area contributed by atoms with Crippen LogP contribution in [0.2, 0.25) is 0 Å². The van der Waals surface area contributed by atoms with Gasteiger partial charge in [-0.25, -0.2) is 9.97 Å². The third-order valence-corrected chi connectivity index (χ3v) is 8.47. The highest BCUT2D eigenvalue weighted by atomic mass is 15.0. The van der Waals surface area contributed by atoms with Crippen molar-refractivity contribution < 1.29 is 0 Å². The number of hydrogen-bond acceptors (Lipinski definition) is 2. The predicted octanol–water partition coefficient (Wildman–Crippen LogP) is 3.36. The highest BCUT2D eigenvalue weighted by Crippen LogP contribution is 2.87. The van der Waals surface area contributed by atoms with Crippen LogP contribution in [0.15, 0.2) is 36.4 Å². The van der Waals surface area contributed by atoms with E-state index in [1.165, 1.54) is 11.4 Å². The molecule has 1 aromatic heterocycles.